The van der Waals surface area contributed by atoms with Gasteiger partial charge in [0, 0.05) is 13.1 Å². The number of carbonyl (C=O) groups excluding carboxylic acids is 1. The zero-order valence-corrected chi connectivity index (χ0v) is 22.2. The molecule has 10 heteroatoms. The SMILES string of the molecule is CN1C(=O)c2cccc(OC(F)F)c2[N+]23CC1C2=Nc1ccc(-c2ccc([C@](C)(O)P(C)(C)=O)cc2)cc13. The van der Waals surface area contributed by atoms with Gasteiger partial charge in [0.2, 0.25) is 5.84 Å². The maximum absolute atomic E-state index is 13.4. The van der Waals surface area contributed by atoms with Crippen molar-refractivity contribution in [3.8, 4) is 16.9 Å². The number of hydrogen-bond donors (Lipinski definition) is 1. The van der Waals surface area contributed by atoms with Crippen LogP contribution < -0.4 is 9.22 Å². The van der Waals surface area contributed by atoms with Gasteiger partial charge < -0.3 is 19.3 Å². The summed E-state index contributed by atoms with van der Waals surface area (Å²) in [5, 5.41) is 9.40. The summed E-state index contributed by atoms with van der Waals surface area (Å²) in [6.45, 7) is 2.08. The number of amides is 1. The largest absolute Gasteiger partial charge is 0.428 e. The van der Waals surface area contributed by atoms with Gasteiger partial charge in [0.25, 0.3) is 5.91 Å². The van der Waals surface area contributed by atoms with Crippen molar-refractivity contribution in [3.63, 3.8) is 0 Å². The molecule has 3 atom stereocenters. The van der Waals surface area contributed by atoms with Crippen LogP contribution in [-0.2, 0) is 9.91 Å². The van der Waals surface area contributed by atoms with Gasteiger partial charge in [-0.2, -0.15) is 13.8 Å². The molecule has 2 bridgehead atoms. The number of carbonyl (C=O) groups is 1. The molecule has 1 N–H and O–H groups in total. The summed E-state index contributed by atoms with van der Waals surface area (Å²) in [6.07, 6.45) is 0. The first-order valence-electron chi connectivity index (χ1n) is 12.2. The van der Waals surface area contributed by atoms with Gasteiger partial charge in [-0.1, -0.05) is 36.4 Å². The highest BCUT2D eigenvalue weighted by molar-refractivity contribution is 7.63. The van der Waals surface area contributed by atoms with Gasteiger partial charge in [0.05, 0.1) is 0 Å². The Morgan fingerprint density at radius 3 is 2.47 bits per heavy atom. The van der Waals surface area contributed by atoms with Gasteiger partial charge >= 0.3 is 6.61 Å². The van der Waals surface area contributed by atoms with Crippen molar-refractivity contribution < 1.29 is 28.0 Å². The van der Waals surface area contributed by atoms with Gasteiger partial charge in [0.15, 0.2) is 23.2 Å². The fourth-order valence-corrected chi connectivity index (χ4v) is 6.48. The number of aliphatic hydroxyl groups is 1. The molecule has 2 unspecified atom stereocenters. The van der Waals surface area contributed by atoms with Gasteiger partial charge in [-0.25, -0.2) is 4.48 Å². The minimum Gasteiger partial charge on any atom is -0.428 e. The number of quaternary nitrogens is 1. The predicted octanol–water partition coefficient (Wildman–Crippen LogP) is 5.89. The van der Waals surface area contributed by atoms with E-state index in [1.54, 1.807) is 56.5 Å². The van der Waals surface area contributed by atoms with Crippen LogP contribution in [0.25, 0.3) is 11.1 Å². The van der Waals surface area contributed by atoms with Gasteiger partial charge in [-0.15, -0.1) is 0 Å². The Balaban J connectivity index is 1.49. The molecule has 3 heterocycles. The number of nitrogens with zero attached hydrogens (tertiary/aromatic N) is 3. The normalized spacial score (nSPS) is 23.1. The Kier molecular flexibility index (Phi) is 5.28. The topological polar surface area (TPSA) is 79.2 Å². The summed E-state index contributed by atoms with van der Waals surface area (Å²) < 4.78 is 44.5. The van der Waals surface area contributed by atoms with E-state index >= 15 is 0 Å². The molecule has 3 aliphatic rings. The summed E-state index contributed by atoms with van der Waals surface area (Å²) in [4.78, 5) is 19.8. The van der Waals surface area contributed by atoms with Crippen LogP contribution in [0.1, 0.15) is 22.8 Å². The van der Waals surface area contributed by atoms with Crippen molar-refractivity contribution in [3.05, 3.63) is 71.8 Å². The maximum Gasteiger partial charge on any atom is 0.387 e. The van der Waals surface area contributed by atoms with Crippen LogP contribution in [0.3, 0.4) is 0 Å². The van der Waals surface area contributed by atoms with E-state index < -0.39 is 19.1 Å². The number of ether oxygens (including phenoxy) is 1. The highest BCUT2D eigenvalue weighted by atomic mass is 31.2. The molecule has 7 nitrogen and oxygen atoms in total. The summed E-state index contributed by atoms with van der Waals surface area (Å²) in [7, 11) is -1.12. The standard InChI is InChI=1S/C28H27F2N3O4P/c1-28(35,38(3,4)36)18-11-8-16(9-12-18)17-10-13-20-22(14-17)33-15-21(25(33)31-20)32(2)26(34)19-6-5-7-23(24(19)33)37-27(29)30/h5-14,21,27,35H,15H2,1-4H3/q+1/t21?,28-,33?/m1/s1. The number of halogens is 2. The Bertz CT molecular complexity index is 1580. The second-order valence-electron chi connectivity index (χ2n) is 10.6. The zero-order chi connectivity index (χ0) is 27.2. The number of fused-ring (bicyclic) bond motifs is 4. The lowest BCUT2D eigenvalue weighted by atomic mass is 9.95. The predicted molar refractivity (Wildman–Crippen MR) is 143 cm³/mol. The Morgan fingerprint density at radius 1 is 1.13 bits per heavy atom. The number of hydrogen-bond acceptors (Lipinski definition) is 5. The first kappa shape index (κ1) is 24.9. The maximum atomic E-state index is 13.4. The molecule has 3 aliphatic heterocycles. The second kappa shape index (κ2) is 8.06. The molecule has 1 saturated heterocycles. The number of rotatable bonds is 5. The Morgan fingerprint density at radius 2 is 1.82 bits per heavy atom. The minimum absolute atomic E-state index is 0.0410. The number of alkyl halides is 2. The van der Waals surface area contributed by atoms with E-state index in [9.17, 15) is 23.2 Å². The number of benzene rings is 3. The van der Waals surface area contributed by atoms with E-state index in [0.29, 0.717) is 34.9 Å². The molecule has 196 valence electrons. The number of para-hydroxylation sites is 1. The van der Waals surface area contributed by atoms with Gasteiger partial charge in [-0.3, -0.25) is 4.79 Å². The van der Waals surface area contributed by atoms with E-state index in [4.69, 9.17) is 9.73 Å². The van der Waals surface area contributed by atoms with Crippen LogP contribution in [0.2, 0.25) is 0 Å². The van der Waals surface area contributed by atoms with Crippen LogP contribution >= 0.6 is 7.14 Å². The first-order valence-corrected chi connectivity index (χ1v) is 14.8. The van der Waals surface area contributed by atoms with Crippen molar-refractivity contribution >= 4 is 35.9 Å². The molecule has 38 heavy (non-hydrogen) atoms. The van der Waals surface area contributed by atoms with Gasteiger partial charge in [0.1, 0.15) is 30.3 Å². The zero-order valence-electron chi connectivity index (χ0n) is 21.4. The van der Waals surface area contributed by atoms with Crippen molar-refractivity contribution in [2.24, 2.45) is 4.99 Å². The van der Waals surface area contributed by atoms with Crippen molar-refractivity contribution in [1.29, 1.82) is 0 Å². The Hall–Kier alpha value is -3.39. The third kappa shape index (κ3) is 3.28. The van der Waals surface area contributed by atoms with Crippen LogP contribution in [0.4, 0.5) is 25.8 Å². The van der Waals surface area contributed by atoms with E-state index in [0.717, 1.165) is 16.8 Å². The van der Waals surface area contributed by atoms with Crippen molar-refractivity contribution in [2.45, 2.75) is 24.9 Å². The number of likely N-dealkylation sites (N-methyl/N-ethyl adjacent to an activating group) is 1. The monoisotopic (exact) mass is 538 g/mol. The fourth-order valence-electron chi connectivity index (χ4n) is 5.71. The van der Waals surface area contributed by atoms with E-state index in [1.807, 2.05) is 30.3 Å². The summed E-state index contributed by atoms with van der Waals surface area (Å²) in [5.74, 6) is 0.395. The lowest BCUT2D eigenvalue weighted by molar-refractivity contribution is -0.0501. The lowest BCUT2D eigenvalue weighted by Gasteiger charge is -2.46. The average Bonchev–Trinajstić information content (AvgIpc) is 2.99. The van der Waals surface area contributed by atoms with E-state index in [2.05, 4.69) is 0 Å². The second-order valence-corrected chi connectivity index (χ2v) is 14.2. The molecule has 1 fully saturated rings. The van der Waals surface area contributed by atoms with Crippen LogP contribution in [-0.4, -0.2) is 61.3 Å². The quantitative estimate of drug-likeness (QED) is 0.325. The number of amidine groups is 1. The van der Waals surface area contributed by atoms with E-state index in [1.165, 1.54) is 6.07 Å². The molecule has 6 rings (SSSR count). The molecule has 0 aromatic heterocycles. The lowest BCUT2D eigenvalue weighted by Crippen LogP contribution is -2.71. The molecule has 0 saturated carbocycles. The molecule has 0 radical (unpaired) electrons. The average molecular weight is 539 g/mol. The molecular weight excluding hydrogens is 511 g/mol. The third-order valence-electron chi connectivity index (χ3n) is 8.19. The highest BCUT2D eigenvalue weighted by Gasteiger charge is 2.66. The van der Waals surface area contributed by atoms with Crippen LogP contribution in [0, 0.1) is 0 Å². The molecule has 3 aromatic rings. The Labute approximate surface area is 218 Å². The molecule has 1 amide bonds. The van der Waals surface area contributed by atoms with E-state index in [-0.39, 0.29) is 22.2 Å². The fraction of sp³-hybridized carbons (Fsp3) is 0.286. The minimum atomic E-state index is -3.04. The first-order chi connectivity index (χ1) is 17.9. The highest BCUT2D eigenvalue weighted by Crippen LogP contribution is 2.59. The summed E-state index contributed by atoms with van der Waals surface area (Å²) >= 11 is 0. The molecule has 3 aromatic carbocycles. The van der Waals surface area contributed by atoms with Crippen molar-refractivity contribution in [2.75, 3.05) is 26.9 Å². The third-order valence-corrected chi connectivity index (χ3v) is 10.5. The smallest absolute Gasteiger partial charge is 0.387 e. The molecule has 0 aliphatic carbocycles. The van der Waals surface area contributed by atoms with Gasteiger partial charge in [-0.05, 0) is 55.1 Å². The van der Waals surface area contributed by atoms with Crippen molar-refractivity contribution in [1.82, 2.24) is 9.38 Å². The summed E-state index contributed by atoms with van der Waals surface area (Å²) in [6, 6.07) is 17.4. The molecular formula is C28H27F2N3O4P+. The summed E-state index contributed by atoms with van der Waals surface area (Å²) in [5.41, 5.74) is 4.46. The van der Waals surface area contributed by atoms with Crippen LogP contribution in [0.5, 0.6) is 5.75 Å². The molecule has 1 spiro atoms. The van der Waals surface area contributed by atoms with Crippen LogP contribution in [0.15, 0.2) is 65.7 Å². The number of aliphatic imine (C=N–C) groups is 1.